The smallest absolute Gasteiger partial charge is 0.317 e. The summed E-state index contributed by atoms with van der Waals surface area (Å²) in [7, 11) is 0. The molecule has 1 aliphatic carbocycles. The van der Waals surface area contributed by atoms with Crippen LogP contribution in [0.5, 0.6) is 5.75 Å². The number of ether oxygens (including phenoxy) is 1. The molecule has 2 fully saturated rings. The maximum absolute atomic E-state index is 12.1. The lowest BCUT2D eigenvalue weighted by atomic mass is 9.98. The van der Waals surface area contributed by atoms with Gasteiger partial charge in [-0.3, -0.25) is 0 Å². The predicted molar refractivity (Wildman–Crippen MR) is 91.5 cm³/mol. The Morgan fingerprint density at radius 3 is 2.83 bits per heavy atom. The largest absolute Gasteiger partial charge is 0.490 e. The van der Waals surface area contributed by atoms with Crippen LogP contribution in [0.1, 0.15) is 51.0 Å². The molecule has 1 unspecified atom stereocenters. The Morgan fingerprint density at radius 2 is 2.09 bits per heavy atom. The van der Waals surface area contributed by atoms with E-state index in [9.17, 15) is 4.79 Å². The van der Waals surface area contributed by atoms with Crippen LogP contribution in [0.2, 0.25) is 0 Å². The van der Waals surface area contributed by atoms with Crippen LogP contribution in [-0.4, -0.2) is 30.1 Å². The molecule has 4 heteroatoms. The van der Waals surface area contributed by atoms with Gasteiger partial charge in [-0.25, -0.2) is 4.79 Å². The second-order valence-corrected chi connectivity index (χ2v) is 7.02. The number of nitrogens with one attached hydrogen (secondary N) is 1. The first-order valence-corrected chi connectivity index (χ1v) is 8.99. The number of hydrogen-bond acceptors (Lipinski definition) is 2. The third kappa shape index (κ3) is 4.63. The lowest BCUT2D eigenvalue weighted by molar-refractivity contribution is 0.155. The van der Waals surface area contributed by atoms with Crippen LogP contribution < -0.4 is 10.1 Å². The monoisotopic (exact) mass is 316 g/mol. The van der Waals surface area contributed by atoms with Crippen molar-refractivity contribution in [1.29, 1.82) is 0 Å². The molecule has 0 bridgehead atoms. The Bertz CT molecular complexity index is 526. The van der Waals surface area contributed by atoms with E-state index in [1.807, 2.05) is 23.1 Å². The predicted octanol–water partition coefficient (Wildman–Crippen LogP) is 3.95. The van der Waals surface area contributed by atoms with Crippen LogP contribution >= 0.6 is 0 Å². The number of urea groups is 1. The highest BCUT2D eigenvalue weighted by atomic mass is 16.5. The highest BCUT2D eigenvalue weighted by molar-refractivity contribution is 5.74. The van der Waals surface area contributed by atoms with Crippen LogP contribution in [-0.2, 0) is 6.54 Å². The van der Waals surface area contributed by atoms with E-state index >= 15 is 0 Å². The molecule has 1 N–H and O–H groups in total. The summed E-state index contributed by atoms with van der Waals surface area (Å²) in [6.45, 7) is 4.50. The first-order valence-electron chi connectivity index (χ1n) is 8.99. The molecule has 3 rings (SSSR count). The number of hydrogen-bond donors (Lipinski definition) is 1. The van der Waals surface area contributed by atoms with Gasteiger partial charge >= 0.3 is 6.03 Å². The third-order valence-electron chi connectivity index (χ3n) is 4.91. The molecule has 126 valence electrons. The zero-order chi connectivity index (χ0) is 16.1. The second-order valence-electron chi connectivity index (χ2n) is 7.02. The van der Waals surface area contributed by atoms with Crippen molar-refractivity contribution in [2.75, 3.05) is 13.1 Å². The first kappa shape index (κ1) is 16.2. The quantitative estimate of drug-likeness (QED) is 0.914. The van der Waals surface area contributed by atoms with Gasteiger partial charge in [0.15, 0.2) is 0 Å². The minimum atomic E-state index is 0.0490. The van der Waals surface area contributed by atoms with E-state index in [0.29, 0.717) is 18.6 Å². The summed E-state index contributed by atoms with van der Waals surface area (Å²) < 4.78 is 6.09. The van der Waals surface area contributed by atoms with Gasteiger partial charge in [0.1, 0.15) is 5.75 Å². The van der Waals surface area contributed by atoms with Crippen molar-refractivity contribution in [2.24, 2.45) is 5.92 Å². The fourth-order valence-corrected chi connectivity index (χ4v) is 3.51. The number of nitrogens with zero attached hydrogens (tertiary/aromatic N) is 1. The van der Waals surface area contributed by atoms with Gasteiger partial charge in [-0.05, 0) is 55.7 Å². The molecule has 1 heterocycles. The summed E-state index contributed by atoms with van der Waals surface area (Å²) in [6, 6.07) is 8.18. The Hall–Kier alpha value is -1.71. The Morgan fingerprint density at radius 1 is 1.26 bits per heavy atom. The van der Waals surface area contributed by atoms with Crippen LogP contribution in [0.4, 0.5) is 4.79 Å². The molecule has 1 aromatic rings. The number of rotatable bonds is 4. The van der Waals surface area contributed by atoms with Crippen molar-refractivity contribution in [3.63, 3.8) is 0 Å². The van der Waals surface area contributed by atoms with E-state index in [2.05, 4.69) is 18.3 Å². The molecule has 2 amide bonds. The summed E-state index contributed by atoms with van der Waals surface area (Å²) in [5.74, 6) is 1.55. The molecule has 23 heavy (non-hydrogen) atoms. The second kappa shape index (κ2) is 7.71. The van der Waals surface area contributed by atoms with Crippen molar-refractivity contribution >= 4 is 6.03 Å². The van der Waals surface area contributed by atoms with Crippen LogP contribution in [0.25, 0.3) is 0 Å². The van der Waals surface area contributed by atoms with Gasteiger partial charge in [-0.2, -0.15) is 0 Å². The molecule has 2 aliphatic rings. The molecule has 0 aromatic heterocycles. The number of benzene rings is 1. The average molecular weight is 316 g/mol. The van der Waals surface area contributed by atoms with E-state index in [-0.39, 0.29) is 6.03 Å². The molecular weight excluding hydrogens is 288 g/mol. The van der Waals surface area contributed by atoms with Crippen molar-refractivity contribution in [3.8, 4) is 5.75 Å². The van der Waals surface area contributed by atoms with Crippen LogP contribution in [0.3, 0.4) is 0 Å². The van der Waals surface area contributed by atoms with E-state index in [0.717, 1.165) is 43.7 Å². The number of amides is 2. The molecule has 0 radical (unpaired) electrons. The fraction of sp³-hybridized carbons (Fsp3) is 0.632. The summed E-state index contributed by atoms with van der Waals surface area (Å²) in [4.78, 5) is 14.1. The molecule has 0 spiro atoms. The fourth-order valence-electron chi connectivity index (χ4n) is 3.51. The minimum absolute atomic E-state index is 0.0490. The highest BCUT2D eigenvalue weighted by Gasteiger charge is 2.22. The standard InChI is InChI=1S/C19H28N2O2/c1-15-10-11-21(14-15)19(22)20-13-16-6-5-9-18(12-16)23-17-7-3-2-4-8-17/h5-6,9,12,15,17H,2-4,7-8,10-11,13-14H2,1H3,(H,20,22). The van der Waals surface area contributed by atoms with Crippen molar-refractivity contribution in [1.82, 2.24) is 10.2 Å². The zero-order valence-electron chi connectivity index (χ0n) is 14.1. The van der Waals surface area contributed by atoms with E-state index < -0.39 is 0 Å². The van der Waals surface area contributed by atoms with Crippen molar-refractivity contribution < 1.29 is 9.53 Å². The third-order valence-corrected chi connectivity index (χ3v) is 4.91. The summed E-state index contributed by atoms with van der Waals surface area (Å²) in [6.07, 6.45) is 7.67. The first-order chi connectivity index (χ1) is 11.2. The molecule has 1 atom stereocenters. The van der Waals surface area contributed by atoms with E-state index in [1.54, 1.807) is 0 Å². The normalized spacial score (nSPS) is 22.1. The molecule has 1 saturated heterocycles. The van der Waals surface area contributed by atoms with Gasteiger partial charge in [0, 0.05) is 19.6 Å². The molecule has 4 nitrogen and oxygen atoms in total. The molecule has 1 saturated carbocycles. The maximum Gasteiger partial charge on any atom is 0.317 e. The molecular formula is C19H28N2O2. The van der Waals surface area contributed by atoms with Gasteiger partial charge in [0.25, 0.3) is 0 Å². The Balaban J connectivity index is 1.50. The topological polar surface area (TPSA) is 41.6 Å². The maximum atomic E-state index is 12.1. The van der Waals surface area contributed by atoms with E-state index in [4.69, 9.17) is 4.74 Å². The summed E-state index contributed by atoms with van der Waals surface area (Å²) >= 11 is 0. The van der Waals surface area contributed by atoms with Crippen molar-refractivity contribution in [3.05, 3.63) is 29.8 Å². The van der Waals surface area contributed by atoms with Gasteiger partial charge < -0.3 is 15.0 Å². The highest BCUT2D eigenvalue weighted by Crippen LogP contribution is 2.24. The van der Waals surface area contributed by atoms with E-state index in [1.165, 1.54) is 19.3 Å². The van der Waals surface area contributed by atoms with Gasteiger partial charge in [0.2, 0.25) is 0 Å². The lowest BCUT2D eigenvalue weighted by Crippen LogP contribution is -2.37. The Kier molecular flexibility index (Phi) is 5.42. The average Bonchev–Trinajstić information content (AvgIpc) is 3.01. The molecule has 1 aromatic carbocycles. The SMILES string of the molecule is CC1CCN(C(=O)NCc2cccc(OC3CCCCC3)c2)C1. The van der Waals surface area contributed by atoms with Gasteiger partial charge in [-0.1, -0.05) is 25.5 Å². The summed E-state index contributed by atoms with van der Waals surface area (Å²) in [5, 5.41) is 3.02. The number of likely N-dealkylation sites (tertiary alicyclic amines) is 1. The van der Waals surface area contributed by atoms with Gasteiger partial charge in [-0.15, -0.1) is 0 Å². The minimum Gasteiger partial charge on any atom is -0.490 e. The Labute approximate surface area is 139 Å². The van der Waals surface area contributed by atoms with Gasteiger partial charge in [0.05, 0.1) is 6.10 Å². The molecule has 1 aliphatic heterocycles. The zero-order valence-corrected chi connectivity index (χ0v) is 14.1. The number of carbonyl (C=O) groups is 1. The van der Waals surface area contributed by atoms with Crippen LogP contribution in [0, 0.1) is 5.92 Å². The number of carbonyl (C=O) groups excluding carboxylic acids is 1. The van der Waals surface area contributed by atoms with Crippen molar-refractivity contribution in [2.45, 2.75) is 58.1 Å². The lowest BCUT2D eigenvalue weighted by Gasteiger charge is -2.23. The van der Waals surface area contributed by atoms with Crippen LogP contribution in [0.15, 0.2) is 24.3 Å². The summed E-state index contributed by atoms with van der Waals surface area (Å²) in [5.41, 5.74) is 1.10.